The molecule has 0 aliphatic carbocycles. The molecule has 0 radical (unpaired) electrons. The number of nitrogens with one attached hydrogen (secondary N) is 1. The first kappa shape index (κ1) is 15.5. The van der Waals surface area contributed by atoms with Crippen LogP contribution in [0.4, 0.5) is 4.39 Å². The van der Waals surface area contributed by atoms with E-state index in [1.807, 2.05) is 7.05 Å². The van der Waals surface area contributed by atoms with Crippen molar-refractivity contribution >= 4 is 27.5 Å². The SMILES string of the molecule is CNC(Cc1ccc(F)c(Cl)c1)c1cc(C)cc(Br)c1. The van der Waals surface area contributed by atoms with Crippen molar-refractivity contribution < 1.29 is 4.39 Å². The van der Waals surface area contributed by atoms with Crippen molar-refractivity contribution in [1.29, 1.82) is 0 Å². The van der Waals surface area contributed by atoms with Crippen LogP contribution in [0, 0.1) is 12.7 Å². The fraction of sp³-hybridized carbons (Fsp3) is 0.250. The summed E-state index contributed by atoms with van der Waals surface area (Å²) in [7, 11) is 1.92. The van der Waals surface area contributed by atoms with Crippen molar-refractivity contribution in [2.75, 3.05) is 7.05 Å². The molecule has 0 spiro atoms. The molecule has 2 aromatic carbocycles. The minimum atomic E-state index is -0.380. The van der Waals surface area contributed by atoms with E-state index in [1.54, 1.807) is 12.1 Å². The lowest BCUT2D eigenvalue weighted by Gasteiger charge is -2.18. The lowest BCUT2D eigenvalue weighted by atomic mass is 9.98. The maximum Gasteiger partial charge on any atom is 0.141 e. The molecule has 20 heavy (non-hydrogen) atoms. The van der Waals surface area contributed by atoms with E-state index >= 15 is 0 Å². The van der Waals surface area contributed by atoms with E-state index < -0.39 is 0 Å². The van der Waals surface area contributed by atoms with Gasteiger partial charge in [0.2, 0.25) is 0 Å². The van der Waals surface area contributed by atoms with Crippen molar-refractivity contribution in [1.82, 2.24) is 5.32 Å². The summed E-state index contributed by atoms with van der Waals surface area (Å²) in [6.45, 7) is 2.07. The smallest absolute Gasteiger partial charge is 0.141 e. The predicted octanol–water partition coefficient (Wildman–Crippen LogP) is 5.05. The molecular weight excluding hydrogens is 341 g/mol. The molecule has 0 heterocycles. The number of rotatable bonds is 4. The number of hydrogen-bond acceptors (Lipinski definition) is 1. The van der Waals surface area contributed by atoms with Crippen molar-refractivity contribution in [2.24, 2.45) is 0 Å². The molecule has 0 saturated carbocycles. The van der Waals surface area contributed by atoms with Gasteiger partial charge in [0.25, 0.3) is 0 Å². The topological polar surface area (TPSA) is 12.0 Å². The van der Waals surface area contributed by atoms with Gasteiger partial charge in [0, 0.05) is 10.5 Å². The molecule has 0 aromatic heterocycles. The second-order valence-corrected chi connectivity index (χ2v) is 6.18. The summed E-state index contributed by atoms with van der Waals surface area (Å²) < 4.78 is 14.3. The summed E-state index contributed by atoms with van der Waals surface area (Å²) in [5, 5.41) is 3.47. The fourth-order valence-corrected chi connectivity index (χ4v) is 3.08. The second kappa shape index (κ2) is 6.70. The number of aryl methyl sites for hydroxylation is 1. The molecule has 1 N–H and O–H groups in total. The average Bonchev–Trinajstić information content (AvgIpc) is 2.38. The summed E-state index contributed by atoms with van der Waals surface area (Å²) in [5.74, 6) is -0.380. The number of likely N-dealkylation sites (N-methyl/N-ethyl adjacent to an activating group) is 1. The third-order valence-electron chi connectivity index (χ3n) is 3.24. The quantitative estimate of drug-likeness (QED) is 0.808. The lowest BCUT2D eigenvalue weighted by molar-refractivity contribution is 0.588. The Morgan fingerprint density at radius 1 is 1.25 bits per heavy atom. The molecule has 2 rings (SSSR count). The highest BCUT2D eigenvalue weighted by Crippen LogP contribution is 2.25. The number of hydrogen-bond donors (Lipinski definition) is 1. The zero-order chi connectivity index (χ0) is 14.7. The lowest BCUT2D eigenvalue weighted by Crippen LogP contribution is -2.19. The highest BCUT2D eigenvalue weighted by Gasteiger charge is 2.12. The van der Waals surface area contributed by atoms with E-state index in [4.69, 9.17) is 11.6 Å². The van der Waals surface area contributed by atoms with Gasteiger partial charge in [0.1, 0.15) is 5.82 Å². The van der Waals surface area contributed by atoms with Crippen LogP contribution < -0.4 is 5.32 Å². The van der Waals surface area contributed by atoms with Gasteiger partial charge in [0.05, 0.1) is 5.02 Å². The van der Waals surface area contributed by atoms with Crippen LogP contribution in [-0.4, -0.2) is 7.05 Å². The minimum absolute atomic E-state index is 0.160. The first-order valence-corrected chi connectivity index (χ1v) is 7.55. The van der Waals surface area contributed by atoms with Gasteiger partial charge in [-0.15, -0.1) is 0 Å². The van der Waals surface area contributed by atoms with E-state index in [0.717, 1.165) is 16.5 Å². The molecule has 106 valence electrons. The van der Waals surface area contributed by atoms with Gasteiger partial charge in [-0.1, -0.05) is 39.7 Å². The monoisotopic (exact) mass is 355 g/mol. The van der Waals surface area contributed by atoms with Gasteiger partial charge < -0.3 is 5.32 Å². The molecular formula is C16H16BrClFN. The molecule has 0 bridgehead atoms. The van der Waals surface area contributed by atoms with Gasteiger partial charge in [-0.25, -0.2) is 4.39 Å². The average molecular weight is 357 g/mol. The molecule has 1 nitrogen and oxygen atoms in total. The molecule has 0 aliphatic heterocycles. The summed E-state index contributed by atoms with van der Waals surface area (Å²) in [6.07, 6.45) is 0.756. The van der Waals surface area contributed by atoms with Crippen LogP contribution in [0.1, 0.15) is 22.7 Å². The summed E-state index contributed by atoms with van der Waals surface area (Å²) in [5.41, 5.74) is 3.40. The van der Waals surface area contributed by atoms with Crippen LogP contribution >= 0.6 is 27.5 Å². The Morgan fingerprint density at radius 2 is 2.00 bits per heavy atom. The molecule has 1 unspecified atom stereocenters. The van der Waals surface area contributed by atoms with Crippen molar-refractivity contribution in [3.05, 3.63) is 68.4 Å². The highest BCUT2D eigenvalue weighted by molar-refractivity contribution is 9.10. The third-order valence-corrected chi connectivity index (χ3v) is 3.99. The largest absolute Gasteiger partial charge is 0.313 e. The molecule has 0 fully saturated rings. The maximum atomic E-state index is 13.2. The van der Waals surface area contributed by atoms with Crippen LogP contribution in [-0.2, 0) is 6.42 Å². The predicted molar refractivity (Wildman–Crippen MR) is 85.8 cm³/mol. The minimum Gasteiger partial charge on any atom is -0.313 e. The van der Waals surface area contributed by atoms with Crippen molar-refractivity contribution in [2.45, 2.75) is 19.4 Å². The van der Waals surface area contributed by atoms with Crippen LogP contribution in [0.15, 0.2) is 40.9 Å². The zero-order valence-corrected chi connectivity index (χ0v) is 13.7. The van der Waals surface area contributed by atoms with E-state index in [9.17, 15) is 4.39 Å². The molecule has 4 heteroatoms. The van der Waals surface area contributed by atoms with Gasteiger partial charge in [0.15, 0.2) is 0 Å². The highest BCUT2D eigenvalue weighted by atomic mass is 79.9. The summed E-state index contributed by atoms with van der Waals surface area (Å²) >= 11 is 9.35. The van der Waals surface area contributed by atoms with E-state index in [0.29, 0.717) is 0 Å². The van der Waals surface area contributed by atoms with Crippen LogP contribution in [0.3, 0.4) is 0 Å². The first-order valence-electron chi connectivity index (χ1n) is 6.38. The second-order valence-electron chi connectivity index (χ2n) is 4.86. The fourth-order valence-electron chi connectivity index (χ4n) is 2.25. The summed E-state index contributed by atoms with van der Waals surface area (Å²) in [4.78, 5) is 0. The Labute approximate surface area is 132 Å². The summed E-state index contributed by atoms with van der Waals surface area (Å²) in [6, 6.07) is 11.4. The van der Waals surface area contributed by atoms with Gasteiger partial charge in [-0.3, -0.25) is 0 Å². The van der Waals surface area contributed by atoms with E-state index in [2.05, 4.69) is 46.4 Å². The normalized spacial score (nSPS) is 12.4. The number of halogens is 3. The van der Waals surface area contributed by atoms with E-state index in [1.165, 1.54) is 17.2 Å². The van der Waals surface area contributed by atoms with Gasteiger partial charge in [-0.05, 0) is 61.3 Å². The maximum absolute atomic E-state index is 13.2. The van der Waals surface area contributed by atoms with Gasteiger partial charge in [-0.2, -0.15) is 0 Å². The first-order chi connectivity index (χ1) is 9.49. The van der Waals surface area contributed by atoms with Crippen LogP contribution in [0.2, 0.25) is 5.02 Å². The Morgan fingerprint density at radius 3 is 2.60 bits per heavy atom. The number of benzene rings is 2. The standard InChI is InChI=1S/C16H16BrClFN/c1-10-5-12(9-13(17)6-10)16(20-2)8-11-3-4-15(19)14(18)7-11/h3-7,9,16,20H,8H2,1-2H3. The van der Waals surface area contributed by atoms with E-state index in [-0.39, 0.29) is 16.9 Å². The Balaban J connectivity index is 2.26. The third kappa shape index (κ3) is 3.81. The Bertz CT molecular complexity index is 595. The Kier molecular flexibility index (Phi) is 5.19. The van der Waals surface area contributed by atoms with Crippen molar-refractivity contribution in [3.8, 4) is 0 Å². The zero-order valence-electron chi connectivity index (χ0n) is 11.4. The van der Waals surface area contributed by atoms with Crippen LogP contribution in [0.25, 0.3) is 0 Å². The molecule has 0 saturated heterocycles. The van der Waals surface area contributed by atoms with Crippen molar-refractivity contribution in [3.63, 3.8) is 0 Å². The van der Waals surface area contributed by atoms with Crippen LogP contribution in [0.5, 0.6) is 0 Å². The van der Waals surface area contributed by atoms with Gasteiger partial charge >= 0.3 is 0 Å². The Hall–Kier alpha value is -0.900. The molecule has 0 aliphatic rings. The molecule has 2 aromatic rings. The molecule has 1 atom stereocenters. The molecule has 0 amide bonds.